The third-order valence-corrected chi connectivity index (χ3v) is 2.29. The van der Waals surface area contributed by atoms with Crippen molar-refractivity contribution in [3.8, 4) is 0 Å². The first-order valence-electron chi connectivity index (χ1n) is 5.58. The largest absolute Gasteiger partial charge is 0.481 e. The smallest absolute Gasteiger partial charge is 0.310 e. The maximum atomic E-state index is 10.5. The molecule has 1 N–H and O–H groups in total. The van der Waals surface area contributed by atoms with E-state index in [1.54, 1.807) is 13.0 Å². The van der Waals surface area contributed by atoms with Crippen LogP contribution in [0.2, 0.25) is 0 Å². The van der Waals surface area contributed by atoms with Crippen LogP contribution in [0.3, 0.4) is 0 Å². The highest BCUT2D eigenvalue weighted by Crippen LogP contribution is 2.06. The van der Waals surface area contributed by atoms with Crippen LogP contribution in [-0.4, -0.2) is 11.1 Å². The SMILES string of the molecule is CCCCCCC/C=C\C(C)C(=O)O. The van der Waals surface area contributed by atoms with Crippen molar-refractivity contribution in [3.05, 3.63) is 12.2 Å². The summed E-state index contributed by atoms with van der Waals surface area (Å²) in [7, 11) is 0. The second-order valence-corrected chi connectivity index (χ2v) is 3.76. The van der Waals surface area contributed by atoms with Crippen molar-refractivity contribution in [2.24, 2.45) is 5.92 Å². The molecule has 0 rings (SSSR count). The Balaban J connectivity index is 3.31. The van der Waals surface area contributed by atoms with Crippen LogP contribution in [0.5, 0.6) is 0 Å². The molecule has 0 aliphatic carbocycles. The Morgan fingerprint density at radius 2 is 1.93 bits per heavy atom. The van der Waals surface area contributed by atoms with Gasteiger partial charge >= 0.3 is 5.97 Å². The van der Waals surface area contributed by atoms with Gasteiger partial charge in [0.1, 0.15) is 0 Å². The predicted octanol–water partition coefficient (Wildman–Crippen LogP) is 3.62. The first kappa shape index (κ1) is 13.2. The van der Waals surface area contributed by atoms with Crippen molar-refractivity contribution in [3.63, 3.8) is 0 Å². The third-order valence-electron chi connectivity index (χ3n) is 2.29. The highest BCUT2D eigenvalue weighted by atomic mass is 16.4. The molecule has 2 nitrogen and oxygen atoms in total. The van der Waals surface area contributed by atoms with E-state index >= 15 is 0 Å². The highest BCUT2D eigenvalue weighted by molar-refractivity contribution is 5.71. The number of rotatable bonds is 8. The van der Waals surface area contributed by atoms with Gasteiger partial charge in [-0.05, 0) is 19.8 Å². The Bertz CT molecular complexity index is 173. The molecule has 0 aliphatic rings. The molecule has 0 saturated carbocycles. The topological polar surface area (TPSA) is 37.3 Å². The number of carbonyl (C=O) groups is 1. The summed E-state index contributed by atoms with van der Waals surface area (Å²) in [5.41, 5.74) is 0. The van der Waals surface area contributed by atoms with Gasteiger partial charge in [-0.25, -0.2) is 0 Å². The standard InChI is InChI=1S/C12H22O2/c1-3-4-5-6-7-8-9-10-11(2)12(13)14/h9-11H,3-8H2,1-2H3,(H,13,14)/b10-9-. The van der Waals surface area contributed by atoms with Crippen molar-refractivity contribution < 1.29 is 9.90 Å². The van der Waals surface area contributed by atoms with E-state index in [4.69, 9.17) is 5.11 Å². The quantitative estimate of drug-likeness (QED) is 0.477. The minimum absolute atomic E-state index is 0.342. The highest BCUT2D eigenvalue weighted by Gasteiger charge is 2.04. The molecule has 0 heterocycles. The van der Waals surface area contributed by atoms with Crippen LogP contribution < -0.4 is 0 Å². The minimum Gasteiger partial charge on any atom is -0.481 e. The Morgan fingerprint density at radius 3 is 2.50 bits per heavy atom. The van der Waals surface area contributed by atoms with E-state index in [-0.39, 0.29) is 5.92 Å². The Hall–Kier alpha value is -0.790. The van der Waals surface area contributed by atoms with Gasteiger partial charge in [0.25, 0.3) is 0 Å². The van der Waals surface area contributed by atoms with Crippen LogP contribution in [0.4, 0.5) is 0 Å². The van der Waals surface area contributed by atoms with Crippen LogP contribution >= 0.6 is 0 Å². The summed E-state index contributed by atoms with van der Waals surface area (Å²) in [6.07, 6.45) is 11.1. The molecule has 1 atom stereocenters. The zero-order valence-electron chi connectivity index (χ0n) is 9.33. The summed E-state index contributed by atoms with van der Waals surface area (Å²) in [4.78, 5) is 10.5. The van der Waals surface area contributed by atoms with Crippen molar-refractivity contribution in [2.75, 3.05) is 0 Å². The average Bonchev–Trinajstić information content (AvgIpc) is 2.16. The van der Waals surface area contributed by atoms with Gasteiger partial charge in [0, 0.05) is 0 Å². The first-order chi connectivity index (χ1) is 6.68. The number of aliphatic carboxylic acids is 1. The minimum atomic E-state index is -0.743. The van der Waals surface area contributed by atoms with Crippen LogP contribution in [0.25, 0.3) is 0 Å². The predicted molar refractivity (Wildman–Crippen MR) is 59.3 cm³/mol. The zero-order valence-corrected chi connectivity index (χ0v) is 9.33. The third kappa shape index (κ3) is 7.84. The lowest BCUT2D eigenvalue weighted by atomic mass is 10.1. The zero-order chi connectivity index (χ0) is 10.8. The molecule has 0 aromatic rings. The van der Waals surface area contributed by atoms with E-state index in [0.29, 0.717) is 0 Å². The molecule has 0 aromatic heterocycles. The molecule has 0 amide bonds. The van der Waals surface area contributed by atoms with Crippen molar-refractivity contribution in [1.29, 1.82) is 0 Å². The lowest BCUT2D eigenvalue weighted by molar-refractivity contribution is -0.139. The van der Waals surface area contributed by atoms with Gasteiger partial charge in [-0.2, -0.15) is 0 Å². The lowest BCUT2D eigenvalue weighted by Crippen LogP contribution is -2.05. The molecule has 14 heavy (non-hydrogen) atoms. The van der Waals surface area contributed by atoms with E-state index in [1.807, 2.05) is 6.08 Å². The molecule has 0 spiro atoms. The number of unbranched alkanes of at least 4 members (excludes halogenated alkanes) is 5. The van der Waals surface area contributed by atoms with Gasteiger partial charge in [0.15, 0.2) is 0 Å². The van der Waals surface area contributed by atoms with E-state index in [2.05, 4.69) is 6.92 Å². The van der Waals surface area contributed by atoms with Crippen molar-refractivity contribution >= 4 is 5.97 Å². The Kier molecular flexibility index (Phi) is 8.30. The molecule has 2 heteroatoms. The van der Waals surface area contributed by atoms with E-state index < -0.39 is 5.97 Å². The second-order valence-electron chi connectivity index (χ2n) is 3.76. The van der Waals surface area contributed by atoms with Gasteiger partial charge in [0.05, 0.1) is 5.92 Å². The molecule has 0 bridgehead atoms. The van der Waals surface area contributed by atoms with Crippen LogP contribution in [0.15, 0.2) is 12.2 Å². The molecular weight excluding hydrogens is 176 g/mol. The van der Waals surface area contributed by atoms with E-state index in [9.17, 15) is 4.79 Å². The molecule has 82 valence electrons. The summed E-state index contributed by atoms with van der Waals surface area (Å²) in [5, 5.41) is 8.60. The first-order valence-corrected chi connectivity index (χ1v) is 5.58. The molecule has 0 aromatic carbocycles. The molecule has 0 saturated heterocycles. The fourth-order valence-electron chi connectivity index (χ4n) is 1.25. The van der Waals surface area contributed by atoms with Gasteiger partial charge < -0.3 is 5.11 Å². The van der Waals surface area contributed by atoms with Gasteiger partial charge in [-0.3, -0.25) is 4.79 Å². The lowest BCUT2D eigenvalue weighted by Gasteiger charge is -1.98. The molecule has 0 radical (unpaired) electrons. The summed E-state index contributed by atoms with van der Waals surface area (Å²) in [6, 6.07) is 0. The van der Waals surface area contributed by atoms with Crippen molar-refractivity contribution in [1.82, 2.24) is 0 Å². The van der Waals surface area contributed by atoms with E-state index in [0.717, 1.165) is 6.42 Å². The number of allylic oxidation sites excluding steroid dienone is 1. The number of carboxylic acid groups (broad SMARTS) is 1. The maximum absolute atomic E-state index is 10.5. The van der Waals surface area contributed by atoms with Crippen molar-refractivity contribution in [2.45, 2.75) is 52.4 Å². The van der Waals surface area contributed by atoms with Gasteiger partial charge in [-0.1, -0.05) is 44.8 Å². The van der Waals surface area contributed by atoms with Gasteiger partial charge in [0.2, 0.25) is 0 Å². The normalized spacial score (nSPS) is 13.3. The Morgan fingerprint density at radius 1 is 1.29 bits per heavy atom. The molecule has 0 fully saturated rings. The summed E-state index contributed by atoms with van der Waals surface area (Å²) < 4.78 is 0. The fraction of sp³-hybridized carbons (Fsp3) is 0.750. The Labute approximate surface area is 87.0 Å². The molecule has 0 aliphatic heterocycles. The van der Waals surface area contributed by atoms with Gasteiger partial charge in [-0.15, -0.1) is 0 Å². The van der Waals surface area contributed by atoms with Crippen LogP contribution in [0.1, 0.15) is 52.4 Å². The average molecular weight is 198 g/mol. The summed E-state index contributed by atoms with van der Waals surface area (Å²) >= 11 is 0. The molecule has 1 unspecified atom stereocenters. The van der Waals surface area contributed by atoms with E-state index in [1.165, 1.54) is 32.1 Å². The summed E-state index contributed by atoms with van der Waals surface area (Å²) in [6.45, 7) is 3.91. The monoisotopic (exact) mass is 198 g/mol. The van der Waals surface area contributed by atoms with Crippen LogP contribution in [0, 0.1) is 5.92 Å². The number of hydrogen-bond acceptors (Lipinski definition) is 1. The fourth-order valence-corrected chi connectivity index (χ4v) is 1.25. The molecular formula is C12H22O2. The summed E-state index contributed by atoms with van der Waals surface area (Å²) in [5.74, 6) is -1.09. The second kappa shape index (κ2) is 8.79. The maximum Gasteiger partial charge on any atom is 0.310 e. The van der Waals surface area contributed by atoms with Crippen LogP contribution in [-0.2, 0) is 4.79 Å². The number of carboxylic acids is 1. The number of hydrogen-bond donors (Lipinski definition) is 1.